The summed E-state index contributed by atoms with van der Waals surface area (Å²) in [6, 6.07) is 8.02. The number of rotatable bonds is 5. The van der Waals surface area contributed by atoms with Crippen LogP contribution in [0, 0.1) is 0 Å². The number of anilines is 1. The van der Waals surface area contributed by atoms with Gasteiger partial charge in [-0.1, -0.05) is 25.1 Å². The Morgan fingerprint density at radius 2 is 2.05 bits per heavy atom. The van der Waals surface area contributed by atoms with E-state index in [9.17, 15) is 13.2 Å². The summed E-state index contributed by atoms with van der Waals surface area (Å²) in [6.07, 6.45) is -3.35. The third kappa shape index (κ3) is 3.86. The Labute approximate surface area is 111 Å². The van der Waals surface area contributed by atoms with Crippen LogP contribution in [0.3, 0.4) is 0 Å². The fraction of sp³-hybridized carbons (Fsp3) is 0.571. The highest BCUT2D eigenvalue weighted by molar-refractivity contribution is 5.57. The summed E-state index contributed by atoms with van der Waals surface area (Å²) in [7, 11) is 0. The van der Waals surface area contributed by atoms with E-state index in [0.717, 1.165) is 18.7 Å². The van der Waals surface area contributed by atoms with Crippen molar-refractivity contribution in [3.05, 3.63) is 29.8 Å². The maximum absolute atomic E-state index is 12.4. The van der Waals surface area contributed by atoms with Crippen LogP contribution in [0.2, 0.25) is 0 Å². The first kappa shape index (κ1) is 14.2. The van der Waals surface area contributed by atoms with Crippen molar-refractivity contribution < 1.29 is 13.2 Å². The second kappa shape index (κ2) is 5.82. The van der Waals surface area contributed by atoms with Gasteiger partial charge in [-0.2, -0.15) is 13.2 Å². The van der Waals surface area contributed by atoms with Crippen LogP contribution in [0.1, 0.15) is 24.8 Å². The first-order valence-corrected chi connectivity index (χ1v) is 6.61. The van der Waals surface area contributed by atoms with Crippen LogP contribution >= 0.6 is 0 Å². The van der Waals surface area contributed by atoms with Crippen LogP contribution in [0.5, 0.6) is 0 Å². The molecule has 0 aromatic heterocycles. The molecule has 0 amide bonds. The third-order valence-electron chi connectivity index (χ3n) is 3.58. The van der Waals surface area contributed by atoms with Gasteiger partial charge in [0.2, 0.25) is 0 Å². The maximum atomic E-state index is 12.4. The Balaban J connectivity index is 1.89. The molecule has 1 aromatic rings. The number of benzene rings is 1. The smallest absolute Gasteiger partial charge is 0.384 e. The van der Waals surface area contributed by atoms with Gasteiger partial charge in [0.1, 0.15) is 0 Å². The summed E-state index contributed by atoms with van der Waals surface area (Å²) in [5.74, 6) is 0.318. The minimum absolute atomic E-state index is 0.318. The summed E-state index contributed by atoms with van der Waals surface area (Å²) in [5, 5.41) is 3.30. The molecule has 0 spiro atoms. The van der Waals surface area contributed by atoms with Crippen molar-refractivity contribution in [2.75, 3.05) is 31.5 Å². The molecule has 0 fully saturated rings. The lowest BCUT2D eigenvalue weighted by Crippen LogP contribution is -2.35. The molecule has 2 rings (SSSR count). The van der Waals surface area contributed by atoms with Gasteiger partial charge in [-0.05, 0) is 31.1 Å². The van der Waals surface area contributed by atoms with Gasteiger partial charge < -0.3 is 5.32 Å². The van der Waals surface area contributed by atoms with Gasteiger partial charge in [0, 0.05) is 18.2 Å². The molecule has 0 saturated heterocycles. The van der Waals surface area contributed by atoms with E-state index >= 15 is 0 Å². The quantitative estimate of drug-likeness (QED) is 0.883. The number of para-hydroxylation sites is 1. The zero-order chi connectivity index (χ0) is 13.9. The van der Waals surface area contributed by atoms with Crippen molar-refractivity contribution in [2.45, 2.75) is 25.4 Å². The average molecular weight is 272 g/mol. The lowest BCUT2D eigenvalue weighted by molar-refractivity contribution is -0.145. The summed E-state index contributed by atoms with van der Waals surface area (Å²) >= 11 is 0. The van der Waals surface area contributed by atoms with E-state index < -0.39 is 12.7 Å². The molecule has 5 heteroatoms. The predicted molar refractivity (Wildman–Crippen MR) is 70.5 cm³/mol. The van der Waals surface area contributed by atoms with Crippen LogP contribution in [-0.2, 0) is 0 Å². The molecule has 1 N–H and O–H groups in total. The summed E-state index contributed by atoms with van der Waals surface area (Å²) in [6.45, 7) is 2.69. The molecular weight excluding hydrogens is 253 g/mol. The fourth-order valence-corrected chi connectivity index (χ4v) is 2.56. The molecule has 1 unspecified atom stereocenters. The maximum Gasteiger partial charge on any atom is 0.401 e. The van der Waals surface area contributed by atoms with Gasteiger partial charge in [0.05, 0.1) is 6.54 Å². The Bertz CT molecular complexity index is 417. The first-order valence-electron chi connectivity index (χ1n) is 6.61. The predicted octanol–water partition coefficient (Wildman–Crippen LogP) is 3.47. The Morgan fingerprint density at radius 1 is 1.32 bits per heavy atom. The Morgan fingerprint density at radius 3 is 2.74 bits per heavy atom. The minimum atomic E-state index is -4.11. The van der Waals surface area contributed by atoms with E-state index in [-0.39, 0.29) is 0 Å². The van der Waals surface area contributed by atoms with Gasteiger partial charge in [-0.25, -0.2) is 0 Å². The van der Waals surface area contributed by atoms with Crippen molar-refractivity contribution in [3.8, 4) is 0 Å². The highest BCUT2D eigenvalue weighted by Gasteiger charge is 2.30. The molecule has 1 heterocycles. The van der Waals surface area contributed by atoms with Crippen LogP contribution in [0.4, 0.5) is 18.9 Å². The van der Waals surface area contributed by atoms with E-state index in [1.54, 1.807) is 6.92 Å². The number of nitrogens with zero attached hydrogens (tertiary/aromatic N) is 1. The molecule has 1 aliphatic rings. The number of nitrogens with one attached hydrogen (secondary N) is 1. The van der Waals surface area contributed by atoms with Gasteiger partial charge in [0.25, 0.3) is 0 Å². The summed E-state index contributed by atoms with van der Waals surface area (Å²) in [4.78, 5) is 1.46. The Hall–Kier alpha value is -1.23. The standard InChI is InChI=1S/C14H19F3N2/c1-2-19(10-14(15,16)17)8-7-11-9-18-13-6-4-3-5-12(11)13/h3-6,11,18H,2,7-10H2,1H3. The second-order valence-corrected chi connectivity index (χ2v) is 4.94. The third-order valence-corrected chi connectivity index (χ3v) is 3.58. The van der Waals surface area contributed by atoms with E-state index in [1.807, 2.05) is 18.2 Å². The van der Waals surface area contributed by atoms with Crippen LogP contribution in [-0.4, -0.2) is 37.3 Å². The summed E-state index contributed by atoms with van der Waals surface area (Å²) < 4.78 is 37.1. The normalized spacial score (nSPS) is 18.5. The van der Waals surface area contributed by atoms with E-state index in [0.29, 0.717) is 19.0 Å². The van der Waals surface area contributed by atoms with Crippen molar-refractivity contribution in [1.29, 1.82) is 0 Å². The molecule has 1 aromatic carbocycles. The first-order chi connectivity index (χ1) is 8.99. The number of hydrogen-bond acceptors (Lipinski definition) is 2. The molecule has 0 saturated carbocycles. The zero-order valence-corrected chi connectivity index (χ0v) is 11.0. The van der Waals surface area contributed by atoms with Gasteiger partial charge in [0.15, 0.2) is 0 Å². The van der Waals surface area contributed by atoms with Crippen molar-refractivity contribution >= 4 is 5.69 Å². The highest BCUT2D eigenvalue weighted by Crippen LogP contribution is 2.33. The van der Waals surface area contributed by atoms with Gasteiger partial charge in [-0.3, -0.25) is 4.90 Å². The summed E-state index contributed by atoms with van der Waals surface area (Å²) in [5.41, 5.74) is 2.34. The molecule has 2 nitrogen and oxygen atoms in total. The second-order valence-electron chi connectivity index (χ2n) is 4.94. The van der Waals surface area contributed by atoms with Crippen LogP contribution < -0.4 is 5.32 Å². The lowest BCUT2D eigenvalue weighted by atomic mass is 9.98. The molecule has 106 valence electrons. The van der Waals surface area contributed by atoms with E-state index in [4.69, 9.17) is 0 Å². The molecule has 0 aliphatic carbocycles. The van der Waals surface area contributed by atoms with Crippen LogP contribution in [0.15, 0.2) is 24.3 Å². The molecular formula is C14H19F3N2. The molecule has 0 radical (unpaired) electrons. The number of hydrogen-bond donors (Lipinski definition) is 1. The van der Waals surface area contributed by atoms with Gasteiger partial charge in [-0.15, -0.1) is 0 Å². The largest absolute Gasteiger partial charge is 0.401 e. The van der Waals surface area contributed by atoms with Crippen LogP contribution in [0.25, 0.3) is 0 Å². The van der Waals surface area contributed by atoms with E-state index in [1.165, 1.54) is 10.5 Å². The fourth-order valence-electron chi connectivity index (χ4n) is 2.56. The van der Waals surface area contributed by atoms with E-state index in [2.05, 4.69) is 11.4 Å². The average Bonchev–Trinajstić information content (AvgIpc) is 2.76. The molecule has 1 atom stereocenters. The number of fused-ring (bicyclic) bond motifs is 1. The highest BCUT2D eigenvalue weighted by atomic mass is 19.4. The zero-order valence-electron chi connectivity index (χ0n) is 11.0. The molecule has 19 heavy (non-hydrogen) atoms. The Kier molecular flexibility index (Phi) is 4.34. The lowest BCUT2D eigenvalue weighted by Gasteiger charge is -2.23. The minimum Gasteiger partial charge on any atom is -0.384 e. The molecule has 0 bridgehead atoms. The van der Waals surface area contributed by atoms with Gasteiger partial charge >= 0.3 is 6.18 Å². The topological polar surface area (TPSA) is 15.3 Å². The van der Waals surface area contributed by atoms with Crippen molar-refractivity contribution in [2.24, 2.45) is 0 Å². The van der Waals surface area contributed by atoms with Crippen molar-refractivity contribution in [3.63, 3.8) is 0 Å². The molecule has 1 aliphatic heterocycles. The monoisotopic (exact) mass is 272 g/mol. The number of halogens is 3. The SMILES string of the molecule is CCN(CCC1CNc2ccccc21)CC(F)(F)F. The number of alkyl halides is 3. The van der Waals surface area contributed by atoms with Crippen molar-refractivity contribution in [1.82, 2.24) is 4.90 Å².